The quantitative estimate of drug-likeness (QED) is 0.571. The van der Waals surface area contributed by atoms with Gasteiger partial charge in [-0.25, -0.2) is 9.69 Å². The normalized spacial score (nSPS) is 18.4. The van der Waals surface area contributed by atoms with Crippen molar-refractivity contribution in [2.45, 2.75) is 32.4 Å². The zero-order valence-electron chi connectivity index (χ0n) is 17.0. The predicted molar refractivity (Wildman–Crippen MR) is 117 cm³/mol. The molecule has 1 aliphatic rings. The molecule has 2 atom stereocenters. The minimum atomic E-state index is -0.556. The lowest BCUT2D eigenvalue weighted by molar-refractivity contribution is -0.130. The highest BCUT2D eigenvalue weighted by atomic mass is 16.6. The van der Waals surface area contributed by atoms with E-state index in [0.29, 0.717) is 12.8 Å². The molecule has 1 saturated heterocycles. The molecule has 0 aliphatic carbocycles. The van der Waals surface area contributed by atoms with Crippen molar-refractivity contribution in [3.8, 4) is 11.1 Å². The number of hydrogen-bond donors (Lipinski definition) is 0. The number of amides is 2. The van der Waals surface area contributed by atoms with Crippen LogP contribution in [0.5, 0.6) is 0 Å². The molecule has 3 aromatic carbocycles. The molecule has 3 aromatic rings. The SMILES string of the molecule is C[C@@H]1C[C@@H](Cc2ccc(-c3ccccc3)cc2)N(C(=O)OCc2ccccc2)C1=O. The van der Waals surface area contributed by atoms with Crippen molar-refractivity contribution in [2.24, 2.45) is 5.92 Å². The second-order valence-corrected chi connectivity index (χ2v) is 7.81. The number of carbonyl (C=O) groups is 2. The van der Waals surface area contributed by atoms with Crippen LogP contribution >= 0.6 is 0 Å². The first-order valence-corrected chi connectivity index (χ1v) is 10.3. The van der Waals surface area contributed by atoms with Gasteiger partial charge in [-0.05, 0) is 35.1 Å². The number of likely N-dealkylation sites (tertiary alicyclic amines) is 1. The first-order chi connectivity index (χ1) is 14.6. The van der Waals surface area contributed by atoms with Crippen LogP contribution in [0.4, 0.5) is 4.79 Å². The molecule has 152 valence electrons. The standard InChI is InChI=1S/C26H25NO3/c1-19-16-24(17-20-12-14-23(15-13-20)22-10-6-3-7-11-22)27(25(19)28)26(29)30-18-21-8-4-2-5-9-21/h2-15,19,24H,16-18H2,1H3/t19-,24+/m1/s1. The number of rotatable bonds is 5. The Morgan fingerprint density at radius 2 is 1.47 bits per heavy atom. The fraction of sp³-hybridized carbons (Fsp3) is 0.231. The summed E-state index contributed by atoms with van der Waals surface area (Å²) in [6, 6.07) is 27.8. The molecule has 30 heavy (non-hydrogen) atoms. The lowest BCUT2D eigenvalue weighted by Gasteiger charge is -2.22. The van der Waals surface area contributed by atoms with Gasteiger partial charge >= 0.3 is 6.09 Å². The molecule has 0 radical (unpaired) electrons. The van der Waals surface area contributed by atoms with Gasteiger partial charge in [0.2, 0.25) is 5.91 Å². The number of hydrogen-bond acceptors (Lipinski definition) is 3. The van der Waals surface area contributed by atoms with Gasteiger partial charge in [0.05, 0.1) is 0 Å². The molecule has 1 fully saturated rings. The molecule has 1 aliphatic heterocycles. The first-order valence-electron chi connectivity index (χ1n) is 10.3. The molecule has 0 aromatic heterocycles. The van der Waals surface area contributed by atoms with Crippen LogP contribution in [-0.2, 0) is 22.6 Å². The zero-order chi connectivity index (χ0) is 20.9. The molecule has 0 saturated carbocycles. The van der Waals surface area contributed by atoms with E-state index in [4.69, 9.17) is 4.74 Å². The van der Waals surface area contributed by atoms with Crippen LogP contribution in [0.15, 0.2) is 84.9 Å². The third-order valence-corrected chi connectivity index (χ3v) is 5.58. The minimum absolute atomic E-state index is 0.154. The monoisotopic (exact) mass is 399 g/mol. The van der Waals surface area contributed by atoms with Gasteiger partial charge in [-0.15, -0.1) is 0 Å². The number of carbonyl (C=O) groups excluding carboxylic acids is 2. The molecular weight excluding hydrogens is 374 g/mol. The van der Waals surface area contributed by atoms with E-state index in [1.807, 2.05) is 55.5 Å². The summed E-state index contributed by atoms with van der Waals surface area (Å²) in [7, 11) is 0. The van der Waals surface area contributed by atoms with Crippen molar-refractivity contribution in [3.63, 3.8) is 0 Å². The second kappa shape index (κ2) is 8.95. The molecule has 4 rings (SSSR count). The Balaban J connectivity index is 1.44. The molecule has 0 N–H and O–H groups in total. The Labute approximate surface area is 177 Å². The number of ether oxygens (including phenoxy) is 1. The molecule has 2 amide bonds. The Morgan fingerprint density at radius 3 is 2.13 bits per heavy atom. The average Bonchev–Trinajstić information content (AvgIpc) is 3.07. The van der Waals surface area contributed by atoms with E-state index >= 15 is 0 Å². The predicted octanol–water partition coefficient (Wildman–Crippen LogP) is 5.47. The maximum Gasteiger partial charge on any atom is 0.417 e. The molecule has 0 bridgehead atoms. The smallest absolute Gasteiger partial charge is 0.417 e. The van der Waals surface area contributed by atoms with Gasteiger partial charge in [-0.3, -0.25) is 4.79 Å². The van der Waals surface area contributed by atoms with Crippen molar-refractivity contribution in [1.29, 1.82) is 0 Å². The van der Waals surface area contributed by atoms with Crippen LogP contribution in [0.2, 0.25) is 0 Å². The van der Waals surface area contributed by atoms with Crippen molar-refractivity contribution >= 4 is 12.0 Å². The third-order valence-electron chi connectivity index (χ3n) is 5.58. The highest BCUT2D eigenvalue weighted by Gasteiger charge is 2.41. The summed E-state index contributed by atoms with van der Waals surface area (Å²) in [6.07, 6.45) is 0.727. The Morgan fingerprint density at radius 1 is 0.867 bits per heavy atom. The fourth-order valence-corrected chi connectivity index (χ4v) is 3.97. The summed E-state index contributed by atoms with van der Waals surface area (Å²) >= 11 is 0. The lowest BCUT2D eigenvalue weighted by Crippen LogP contribution is -2.40. The maximum atomic E-state index is 12.7. The van der Waals surface area contributed by atoms with Gasteiger partial charge in [-0.2, -0.15) is 0 Å². The Hall–Kier alpha value is -3.40. The van der Waals surface area contributed by atoms with Crippen LogP contribution < -0.4 is 0 Å². The van der Waals surface area contributed by atoms with Gasteiger partial charge in [0.1, 0.15) is 6.61 Å². The lowest BCUT2D eigenvalue weighted by atomic mass is 9.98. The van der Waals surface area contributed by atoms with E-state index < -0.39 is 6.09 Å². The van der Waals surface area contributed by atoms with Crippen LogP contribution in [-0.4, -0.2) is 22.9 Å². The van der Waals surface area contributed by atoms with Crippen LogP contribution in [0.1, 0.15) is 24.5 Å². The summed E-state index contributed by atoms with van der Waals surface area (Å²) in [5.74, 6) is -0.332. The summed E-state index contributed by atoms with van der Waals surface area (Å²) in [4.78, 5) is 26.6. The van der Waals surface area contributed by atoms with Gasteiger partial charge in [0.25, 0.3) is 0 Å². The average molecular weight is 399 g/mol. The third kappa shape index (κ3) is 4.43. The maximum absolute atomic E-state index is 12.7. The van der Waals surface area contributed by atoms with Crippen molar-refractivity contribution in [3.05, 3.63) is 96.1 Å². The van der Waals surface area contributed by atoms with E-state index in [-0.39, 0.29) is 24.5 Å². The Kier molecular flexibility index (Phi) is 5.94. The molecule has 4 nitrogen and oxygen atoms in total. The first kappa shape index (κ1) is 19.9. The van der Waals surface area contributed by atoms with Crippen molar-refractivity contribution < 1.29 is 14.3 Å². The van der Waals surface area contributed by atoms with Crippen molar-refractivity contribution in [1.82, 2.24) is 4.90 Å². The van der Waals surface area contributed by atoms with Crippen LogP contribution in [0.3, 0.4) is 0 Å². The topological polar surface area (TPSA) is 46.6 Å². The summed E-state index contributed by atoms with van der Waals surface area (Å²) < 4.78 is 5.44. The zero-order valence-corrected chi connectivity index (χ0v) is 17.0. The Bertz CT molecular complexity index is 999. The largest absolute Gasteiger partial charge is 0.444 e. The highest BCUT2D eigenvalue weighted by molar-refractivity contribution is 5.95. The highest BCUT2D eigenvalue weighted by Crippen LogP contribution is 2.29. The fourth-order valence-electron chi connectivity index (χ4n) is 3.97. The second-order valence-electron chi connectivity index (χ2n) is 7.81. The van der Waals surface area contributed by atoms with Gasteiger partial charge in [0, 0.05) is 12.0 Å². The van der Waals surface area contributed by atoms with E-state index in [9.17, 15) is 9.59 Å². The molecule has 0 unspecified atom stereocenters. The molecule has 4 heteroatoms. The van der Waals surface area contributed by atoms with E-state index in [1.165, 1.54) is 10.5 Å². The van der Waals surface area contributed by atoms with Gasteiger partial charge in [-0.1, -0.05) is 91.9 Å². The summed E-state index contributed by atoms with van der Waals surface area (Å²) in [5, 5.41) is 0. The number of imide groups is 1. The summed E-state index contributed by atoms with van der Waals surface area (Å²) in [5.41, 5.74) is 4.32. The number of benzene rings is 3. The molecule has 0 spiro atoms. The van der Waals surface area contributed by atoms with E-state index in [1.54, 1.807) is 0 Å². The van der Waals surface area contributed by atoms with Crippen LogP contribution in [0, 0.1) is 5.92 Å². The minimum Gasteiger partial charge on any atom is -0.444 e. The number of nitrogens with zero attached hydrogens (tertiary/aromatic N) is 1. The van der Waals surface area contributed by atoms with Gasteiger partial charge < -0.3 is 4.74 Å². The molecular formula is C26H25NO3. The van der Waals surface area contributed by atoms with Crippen molar-refractivity contribution in [2.75, 3.05) is 0 Å². The van der Waals surface area contributed by atoms with E-state index in [2.05, 4.69) is 36.4 Å². The van der Waals surface area contributed by atoms with Gasteiger partial charge in [0.15, 0.2) is 0 Å². The molecule has 1 heterocycles. The van der Waals surface area contributed by atoms with Crippen LogP contribution in [0.25, 0.3) is 11.1 Å². The summed E-state index contributed by atoms with van der Waals surface area (Å²) in [6.45, 7) is 2.04. The van der Waals surface area contributed by atoms with E-state index in [0.717, 1.165) is 16.7 Å².